The van der Waals surface area contributed by atoms with Gasteiger partial charge in [-0.2, -0.15) is 4.68 Å². The first kappa shape index (κ1) is 19.6. The van der Waals surface area contributed by atoms with Gasteiger partial charge in [-0.25, -0.2) is 0 Å². The summed E-state index contributed by atoms with van der Waals surface area (Å²) in [4.78, 5) is 12.5. The van der Waals surface area contributed by atoms with Crippen LogP contribution in [0, 0.1) is 13.8 Å². The fraction of sp³-hybridized carbons (Fsp3) is 0.500. The summed E-state index contributed by atoms with van der Waals surface area (Å²) in [6, 6.07) is 6.17. The summed E-state index contributed by atoms with van der Waals surface area (Å²) >= 11 is 1.38. The SMILES string of the molecule is Cc1ccc(C)c(-n2nnnc2S[C@@H](C)C(=O)NCCC2=CCCCC2)c1. The van der Waals surface area contributed by atoms with Gasteiger partial charge in [0.05, 0.1) is 10.9 Å². The van der Waals surface area contributed by atoms with Crippen molar-refractivity contribution in [1.29, 1.82) is 0 Å². The van der Waals surface area contributed by atoms with E-state index in [1.54, 1.807) is 4.68 Å². The summed E-state index contributed by atoms with van der Waals surface area (Å²) in [5.41, 5.74) is 4.65. The van der Waals surface area contributed by atoms with Crippen LogP contribution in [0.1, 0.15) is 50.2 Å². The molecule has 1 heterocycles. The molecule has 1 aromatic heterocycles. The highest BCUT2D eigenvalue weighted by Crippen LogP contribution is 2.25. The van der Waals surface area contributed by atoms with Crippen molar-refractivity contribution in [2.24, 2.45) is 0 Å². The molecule has 1 amide bonds. The number of aromatic nitrogens is 4. The Balaban J connectivity index is 1.58. The zero-order valence-electron chi connectivity index (χ0n) is 16.2. The number of tetrazole rings is 1. The highest BCUT2D eigenvalue weighted by atomic mass is 32.2. The second kappa shape index (κ2) is 9.17. The monoisotopic (exact) mass is 385 g/mol. The van der Waals surface area contributed by atoms with Gasteiger partial charge in [-0.05, 0) is 80.5 Å². The number of aryl methyl sites for hydroxylation is 2. The molecular weight excluding hydrogens is 358 g/mol. The molecule has 0 fully saturated rings. The molecule has 7 heteroatoms. The van der Waals surface area contributed by atoms with E-state index < -0.39 is 0 Å². The highest BCUT2D eigenvalue weighted by molar-refractivity contribution is 8.00. The van der Waals surface area contributed by atoms with E-state index in [4.69, 9.17) is 0 Å². The number of rotatable bonds is 7. The van der Waals surface area contributed by atoms with Gasteiger partial charge in [-0.1, -0.05) is 35.5 Å². The van der Waals surface area contributed by atoms with Crippen LogP contribution in [0.15, 0.2) is 35.0 Å². The summed E-state index contributed by atoms with van der Waals surface area (Å²) in [6.07, 6.45) is 8.18. The molecule has 27 heavy (non-hydrogen) atoms. The van der Waals surface area contributed by atoms with Crippen LogP contribution >= 0.6 is 11.8 Å². The van der Waals surface area contributed by atoms with Gasteiger partial charge in [0.25, 0.3) is 0 Å². The molecule has 1 atom stereocenters. The third-order valence-electron chi connectivity index (χ3n) is 4.82. The minimum Gasteiger partial charge on any atom is -0.355 e. The first-order chi connectivity index (χ1) is 13.0. The number of nitrogens with zero attached hydrogens (tertiary/aromatic N) is 4. The molecule has 1 aliphatic carbocycles. The van der Waals surface area contributed by atoms with Gasteiger partial charge in [0, 0.05) is 6.54 Å². The number of allylic oxidation sites excluding steroid dienone is 1. The lowest BCUT2D eigenvalue weighted by atomic mass is 9.97. The lowest BCUT2D eigenvalue weighted by Gasteiger charge is -2.15. The minimum atomic E-state index is -0.264. The molecule has 3 rings (SSSR count). The van der Waals surface area contributed by atoms with Gasteiger partial charge >= 0.3 is 0 Å². The summed E-state index contributed by atoms with van der Waals surface area (Å²) in [5, 5.41) is 15.4. The lowest BCUT2D eigenvalue weighted by molar-refractivity contribution is -0.120. The van der Waals surface area contributed by atoms with E-state index in [9.17, 15) is 4.79 Å². The van der Waals surface area contributed by atoms with Crippen LogP contribution in [-0.2, 0) is 4.79 Å². The average molecular weight is 386 g/mol. The maximum atomic E-state index is 12.5. The summed E-state index contributed by atoms with van der Waals surface area (Å²) in [6.45, 7) is 6.65. The molecule has 0 bridgehead atoms. The molecule has 0 radical (unpaired) electrons. The molecule has 0 unspecified atom stereocenters. The van der Waals surface area contributed by atoms with Gasteiger partial charge in [-0.3, -0.25) is 4.79 Å². The van der Waals surface area contributed by atoms with Crippen LogP contribution in [0.4, 0.5) is 0 Å². The zero-order chi connectivity index (χ0) is 19.2. The molecule has 144 valence electrons. The van der Waals surface area contributed by atoms with E-state index in [1.807, 2.05) is 20.8 Å². The van der Waals surface area contributed by atoms with E-state index in [2.05, 4.69) is 45.1 Å². The predicted molar refractivity (Wildman–Crippen MR) is 108 cm³/mol. The van der Waals surface area contributed by atoms with Crippen LogP contribution in [-0.4, -0.2) is 37.9 Å². The average Bonchev–Trinajstić information content (AvgIpc) is 3.12. The zero-order valence-corrected chi connectivity index (χ0v) is 17.1. The number of nitrogens with one attached hydrogen (secondary N) is 1. The summed E-state index contributed by atoms with van der Waals surface area (Å²) < 4.78 is 1.71. The van der Waals surface area contributed by atoms with Crippen molar-refractivity contribution in [1.82, 2.24) is 25.5 Å². The highest BCUT2D eigenvalue weighted by Gasteiger charge is 2.19. The molecule has 0 saturated heterocycles. The van der Waals surface area contributed by atoms with Crippen molar-refractivity contribution in [3.05, 3.63) is 41.0 Å². The van der Waals surface area contributed by atoms with Crippen molar-refractivity contribution < 1.29 is 4.79 Å². The fourth-order valence-electron chi connectivity index (χ4n) is 3.18. The van der Waals surface area contributed by atoms with Crippen molar-refractivity contribution in [2.75, 3.05) is 6.54 Å². The third-order valence-corrected chi connectivity index (χ3v) is 5.85. The summed E-state index contributed by atoms with van der Waals surface area (Å²) in [5.74, 6) is 0.0203. The second-order valence-electron chi connectivity index (χ2n) is 7.07. The van der Waals surface area contributed by atoms with E-state index in [-0.39, 0.29) is 11.2 Å². The van der Waals surface area contributed by atoms with Gasteiger partial charge < -0.3 is 5.32 Å². The molecule has 0 saturated carbocycles. The smallest absolute Gasteiger partial charge is 0.233 e. The Labute approximate surface area is 164 Å². The molecule has 0 aliphatic heterocycles. The fourth-order valence-corrected chi connectivity index (χ4v) is 4.01. The van der Waals surface area contributed by atoms with E-state index in [1.165, 1.54) is 43.0 Å². The standard InChI is InChI=1S/C20H27N5OS/c1-14-9-10-15(2)18(13-14)25-20(22-23-24-25)27-16(3)19(26)21-12-11-17-7-5-4-6-8-17/h7,9-10,13,16H,4-6,8,11-12H2,1-3H3,(H,21,26)/t16-/m0/s1. The first-order valence-corrected chi connectivity index (χ1v) is 10.4. The number of thioether (sulfide) groups is 1. The van der Waals surface area contributed by atoms with Crippen LogP contribution in [0.5, 0.6) is 0 Å². The van der Waals surface area contributed by atoms with Gasteiger partial charge in [-0.15, -0.1) is 5.10 Å². The van der Waals surface area contributed by atoms with E-state index >= 15 is 0 Å². The third kappa shape index (κ3) is 5.19. The Bertz CT molecular complexity index is 830. The minimum absolute atomic E-state index is 0.0203. The second-order valence-corrected chi connectivity index (χ2v) is 8.38. The van der Waals surface area contributed by atoms with Crippen molar-refractivity contribution in [3.8, 4) is 5.69 Å². The molecule has 1 aromatic carbocycles. The Morgan fingerprint density at radius 1 is 1.33 bits per heavy atom. The van der Waals surface area contributed by atoms with Crippen molar-refractivity contribution in [2.45, 2.75) is 63.3 Å². The number of carbonyl (C=O) groups is 1. The number of amides is 1. The van der Waals surface area contributed by atoms with Gasteiger partial charge in [0.15, 0.2) is 0 Å². The van der Waals surface area contributed by atoms with Crippen molar-refractivity contribution >= 4 is 17.7 Å². The summed E-state index contributed by atoms with van der Waals surface area (Å²) in [7, 11) is 0. The predicted octanol–water partition coefficient (Wildman–Crippen LogP) is 3.77. The lowest BCUT2D eigenvalue weighted by Crippen LogP contribution is -2.32. The van der Waals surface area contributed by atoms with E-state index in [0.717, 1.165) is 23.2 Å². The Kier molecular flexibility index (Phi) is 6.66. The number of hydrogen-bond acceptors (Lipinski definition) is 5. The largest absolute Gasteiger partial charge is 0.355 e. The maximum absolute atomic E-state index is 12.5. The van der Waals surface area contributed by atoms with Crippen LogP contribution < -0.4 is 5.32 Å². The number of carbonyl (C=O) groups excluding carboxylic acids is 1. The molecular formula is C20H27N5OS. The molecule has 1 aliphatic rings. The topological polar surface area (TPSA) is 72.7 Å². The van der Waals surface area contributed by atoms with Crippen LogP contribution in [0.3, 0.4) is 0 Å². The van der Waals surface area contributed by atoms with Crippen LogP contribution in [0.2, 0.25) is 0 Å². The normalized spacial score (nSPS) is 15.3. The number of hydrogen-bond donors (Lipinski definition) is 1. The Morgan fingerprint density at radius 3 is 2.96 bits per heavy atom. The molecule has 2 aromatic rings. The maximum Gasteiger partial charge on any atom is 0.233 e. The molecule has 6 nitrogen and oxygen atoms in total. The van der Waals surface area contributed by atoms with Gasteiger partial charge in [0.2, 0.25) is 11.1 Å². The molecule has 0 spiro atoms. The first-order valence-electron chi connectivity index (χ1n) is 9.53. The number of benzene rings is 1. The Hall–Kier alpha value is -2.15. The van der Waals surface area contributed by atoms with Crippen LogP contribution in [0.25, 0.3) is 5.69 Å². The van der Waals surface area contributed by atoms with Gasteiger partial charge in [0.1, 0.15) is 0 Å². The van der Waals surface area contributed by atoms with Crippen molar-refractivity contribution in [3.63, 3.8) is 0 Å². The molecule has 1 N–H and O–H groups in total. The quantitative estimate of drug-likeness (QED) is 0.580. The van der Waals surface area contributed by atoms with E-state index in [0.29, 0.717) is 11.7 Å². The Morgan fingerprint density at radius 2 is 2.19 bits per heavy atom.